The van der Waals surface area contributed by atoms with E-state index in [-0.39, 0.29) is 25.1 Å². The summed E-state index contributed by atoms with van der Waals surface area (Å²) in [5.41, 5.74) is 1.48. The van der Waals surface area contributed by atoms with Crippen LogP contribution in [0.4, 0.5) is 4.39 Å². The average Bonchev–Trinajstić information content (AvgIpc) is 2.71. The van der Waals surface area contributed by atoms with E-state index in [1.807, 2.05) is 26.0 Å². The van der Waals surface area contributed by atoms with Crippen molar-refractivity contribution >= 4 is 27.7 Å². The number of amides is 2. The molecule has 0 radical (unpaired) electrons. The standard InChI is InChI=1S/C23H28BrFN2O3/c1-5-17-10-11-21(19(24)12-17)30-14-22(28)27(16(4)23(29)26-15(2)3)13-18-8-6-7-9-20(18)25/h6-12,15-16H,5,13-14H2,1-4H3,(H,26,29). The number of ether oxygens (including phenoxy) is 1. The van der Waals surface area contributed by atoms with Gasteiger partial charge in [0, 0.05) is 18.2 Å². The first-order valence-electron chi connectivity index (χ1n) is 9.97. The molecule has 2 aromatic carbocycles. The Bertz CT molecular complexity index is 889. The van der Waals surface area contributed by atoms with E-state index in [2.05, 4.69) is 28.2 Å². The second-order valence-corrected chi connectivity index (χ2v) is 8.21. The minimum absolute atomic E-state index is 0.0303. The van der Waals surface area contributed by atoms with Crippen molar-refractivity contribution in [1.29, 1.82) is 0 Å². The van der Waals surface area contributed by atoms with Crippen LogP contribution in [-0.4, -0.2) is 35.4 Å². The summed E-state index contributed by atoms with van der Waals surface area (Å²) in [6, 6.07) is 11.0. The number of hydrogen-bond donors (Lipinski definition) is 1. The lowest BCUT2D eigenvalue weighted by atomic mass is 10.1. The first kappa shape index (κ1) is 23.9. The van der Waals surface area contributed by atoms with Gasteiger partial charge in [0.2, 0.25) is 5.91 Å². The largest absolute Gasteiger partial charge is 0.483 e. The summed E-state index contributed by atoms with van der Waals surface area (Å²) in [7, 11) is 0. The second kappa shape index (κ2) is 11.1. The molecule has 1 N–H and O–H groups in total. The lowest BCUT2D eigenvalue weighted by Crippen LogP contribution is -2.50. The van der Waals surface area contributed by atoms with Crippen LogP contribution in [0.25, 0.3) is 0 Å². The highest BCUT2D eigenvalue weighted by atomic mass is 79.9. The third kappa shape index (κ3) is 6.55. The number of rotatable bonds is 9. The van der Waals surface area contributed by atoms with Crippen LogP contribution >= 0.6 is 15.9 Å². The van der Waals surface area contributed by atoms with Gasteiger partial charge >= 0.3 is 0 Å². The van der Waals surface area contributed by atoms with E-state index in [4.69, 9.17) is 4.74 Å². The van der Waals surface area contributed by atoms with Crippen LogP contribution in [0.2, 0.25) is 0 Å². The fourth-order valence-corrected chi connectivity index (χ4v) is 3.44. The van der Waals surface area contributed by atoms with Gasteiger partial charge in [-0.3, -0.25) is 9.59 Å². The van der Waals surface area contributed by atoms with Crippen molar-refractivity contribution in [2.45, 2.75) is 52.7 Å². The molecule has 2 aromatic rings. The van der Waals surface area contributed by atoms with Crippen molar-refractivity contribution < 1.29 is 18.7 Å². The number of aryl methyl sites for hydroxylation is 1. The predicted molar refractivity (Wildman–Crippen MR) is 119 cm³/mol. The highest BCUT2D eigenvalue weighted by Gasteiger charge is 2.27. The summed E-state index contributed by atoms with van der Waals surface area (Å²) in [5.74, 6) is -0.601. The van der Waals surface area contributed by atoms with Crippen LogP contribution in [0, 0.1) is 5.82 Å². The fraction of sp³-hybridized carbons (Fsp3) is 0.391. The van der Waals surface area contributed by atoms with Crippen molar-refractivity contribution in [2.75, 3.05) is 6.61 Å². The van der Waals surface area contributed by atoms with E-state index in [0.29, 0.717) is 11.3 Å². The molecule has 162 valence electrons. The molecule has 7 heteroatoms. The first-order chi connectivity index (χ1) is 14.2. The molecular weight excluding hydrogens is 451 g/mol. The Morgan fingerprint density at radius 2 is 1.87 bits per heavy atom. The maximum Gasteiger partial charge on any atom is 0.261 e. The topological polar surface area (TPSA) is 58.6 Å². The van der Waals surface area contributed by atoms with E-state index < -0.39 is 17.8 Å². The van der Waals surface area contributed by atoms with E-state index in [1.165, 1.54) is 11.0 Å². The van der Waals surface area contributed by atoms with Crippen LogP contribution < -0.4 is 10.1 Å². The number of benzene rings is 2. The monoisotopic (exact) mass is 478 g/mol. The van der Waals surface area contributed by atoms with Crippen molar-refractivity contribution in [1.82, 2.24) is 10.2 Å². The molecule has 0 spiro atoms. The fourth-order valence-electron chi connectivity index (χ4n) is 2.90. The van der Waals surface area contributed by atoms with Gasteiger partial charge in [0.25, 0.3) is 5.91 Å². The van der Waals surface area contributed by atoms with Gasteiger partial charge in [0.15, 0.2) is 6.61 Å². The van der Waals surface area contributed by atoms with Gasteiger partial charge < -0.3 is 15.0 Å². The normalized spacial score (nSPS) is 11.8. The Morgan fingerprint density at radius 3 is 2.47 bits per heavy atom. The summed E-state index contributed by atoms with van der Waals surface area (Å²) in [4.78, 5) is 26.8. The Kier molecular flexibility index (Phi) is 8.84. The summed E-state index contributed by atoms with van der Waals surface area (Å²) in [6.07, 6.45) is 0.886. The molecule has 1 atom stereocenters. The van der Waals surface area contributed by atoms with Gasteiger partial charge in [-0.15, -0.1) is 0 Å². The molecule has 30 heavy (non-hydrogen) atoms. The molecule has 0 saturated heterocycles. The number of carbonyl (C=O) groups excluding carboxylic acids is 2. The number of nitrogens with zero attached hydrogens (tertiary/aromatic N) is 1. The first-order valence-corrected chi connectivity index (χ1v) is 10.8. The number of carbonyl (C=O) groups is 2. The molecule has 2 amide bonds. The lowest BCUT2D eigenvalue weighted by molar-refractivity contribution is -0.142. The summed E-state index contributed by atoms with van der Waals surface area (Å²) >= 11 is 3.45. The SMILES string of the molecule is CCc1ccc(OCC(=O)N(Cc2ccccc2F)C(C)C(=O)NC(C)C)c(Br)c1. The molecule has 2 rings (SSSR count). The van der Waals surface area contributed by atoms with Gasteiger partial charge in [-0.05, 0) is 66.9 Å². The molecule has 0 aromatic heterocycles. The number of nitrogens with one attached hydrogen (secondary N) is 1. The van der Waals surface area contributed by atoms with Crippen molar-refractivity contribution in [3.63, 3.8) is 0 Å². The summed E-state index contributed by atoms with van der Waals surface area (Å²) < 4.78 is 20.6. The third-order valence-electron chi connectivity index (χ3n) is 4.65. The zero-order valence-electron chi connectivity index (χ0n) is 17.7. The minimum Gasteiger partial charge on any atom is -0.483 e. The van der Waals surface area contributed by atoms with E-state index >= 15 is 0 Å². The second-order valence-electron chi connectivity index (χ2n) is 7.36. The van der Waals surface area contributed by atoms with Crippen LogP contribution in [0.5, 0.6) is 5.75 Å². The van der Waals surface area contributed by atoms with Crippen LogP contribution in [-0.2, 0) is 22.6 Å². The van der Waals surface area contributed by atoms with Crippen molar-refractivity contribution in [3.8, 4) is 5.75 Å². The van der Waals surface area contributed by atoms with Crippen LogP contribution in [0.15, 0.2) is 46.9 Å². The molecule has 0 saturated carbocycles. The maximum absolute atomic E-state index is 14.2. The van der Waals surface area contributed by atoms with Gasteiger partial charge in [0.1, 0.15) is 17.6 Å². The summed E-state index contributed by atoms with van der Waals surface area (Å²) in [6.45, 7) is 7.07. The highest BCUT2D eigenvalue weighted by molar-refractivity contribution is 9.10. The Hall–Kier alpha value is -2.41. The molecule has 0 bridgehead atoms. The quantitative estimate of drug-likeness (QED) is 0.578. The Labute approximate surface area is 185 Å². The van der Waals surface area contributed by atoms with E-state index in [9.17, 15) is 14.0 Å². The molecular formula is C23H28BrFN2O3. The third-order valence-corrected chi connectivity index (χ3v) is 5.27. The van der Waals surface area contributed by atoms with Crippen LogP contribution in [0.1, 0.15) is 38.8 Å². The van der Waals surface area contributed by atoms with Gasteiger partial charge in [-0.2, -0.15) is 0 Å². The maximum atomic E-state index is 14.2. The van der Waals surface area contributed by atoms with Gasteiger partial charge in [-0.25, -0.2) is 4.39 Å². The minimum atomic E-state index is -0.783. The van der Waals surface area contributed by atoms with E-state index in [1.54, 1.807) is 31.2 Å². The highest BCUT2D eigenvalue weighted by Crippen LogP contribution is 2.26. The average molecular weight is 479 g/mol. The molecule has 1 unspecified atom stereocenters. The molecule has 0 aliphatic heterocycles. The van der Waals surface area contributed by atoms with Crippen LogP contribution in [0.3, 0.4) is 0 Å². The van der Waals surface area contributed by atoms with E-state index in [0.717, 1.165) is 16.5 Å². The predicted octanol–water partition coefficient (Wildman–Crippen LogP) is 4.47. The zero-order chi connectivity index (χ0) is 22.3. The lowest BCUT2D eigenvalue weighted by Gasteiger charge is -2.29. The van der Waals surface area contributed by atoms with Crippen molar-refractivity contribution in [2.24, 2.45) is 0 Å². The molecule has 5 nitrogen and oxygen atoms in total. The Balaban J connectivity index is 2.18. The van der Waals surface area contributed by atoms with Crippen molar-refractivity contribution in [3.05, 3.63) is 63.9 Å². The molecule has 0 aliphatic rings. The zero-order valence-corrected chi connectivity index (χ0v) is 19.3. The smallest absolute Gasteiger partial charge is 0.261 e. The van der Waals surface area contributed by atoms with Gasteiger partial charge in [0.05, 0.1) is 4.47 Å². The number of halogens is 2. The summed E-state index contributed by atoms with van der Waals surface area (Å²) in [5, 5.41) is 2.80. The molecule has 0 fully saturated rings. The number of hydrogen-bond acceptors (Lipinski definition) is 3. The molecule has 0 heterocycles. The molecule has 0 aliphatic carbocycles. The van der Waals surface area contributed by atoms with Gasteiger partial charge in [-0.1, -0.05) is 31.2 Å². The Morgan fingerprint density at radius 1 is 1.17 bits per heavy atom.